The second-order valence-electron chi connectivity index (χ2n) is 6.73. The van der Waals surface area contributed by atoms with Crippen LogP contribution in [0.25, 0.3) is 5.69 Å². The number of aliphatic imine (C=N–C) groups is 1. The number of carbonyl (C=O) groups is 1. The maximum absolute atomic E-state index is 13.0. The highest BCUT2D eigenvalue weighted by molar-refractivity contribution is 5.81. The molecular formula is C20H27FN6O. The van der Waals surface area contributed by atoms with Gasteiger partial charge in [0, 0.05) is 44.7 Å². The molecule has 0 unspecified atom stereocenters. The van der Waals surface area contributed by atoms with Gasteiger partial charge in [-0.1, -0.05) is 0 Å². The van der Waals surface area contributed by atoms with Crippen molar-refractivity contribution in [2.24, 2.45) is 10.9 Å². The molecule has 3 N–H and O–H groups in total. The highest BCUT2D eigenvalue weighted by Gasteiger charge is 2.28. The Bertz CT molecular complexity index is 797. The summed E-state index contributed by atoms with van der Waals surface area (Å²) in [6.45, 7) is 4.57. The van der Waals surface area contributed by atoms with Gasteiger partial charge in [0.15, 0.2) is 5.96 Å². The van der Waals surface area contributed by atoms with Crippen molar-refractivity contribution in [2.45, 2.75) is 26.2 Å². The normalized spacial score (nSPS) is 14.0. The van der Waals surface area contributed by atoms with Crippen molar-refractivity contribution in [1.29, 1.82) is 0 Å². The first kappa shape index (κ1) is 19.9. The minimum atomic E-state index is -0.263. The number of guanidine groups is 1. The lowest BCUT2D eigenvalue weighted by Gasteiger charge is -2.11. The molecule has 1 aliphatic rings. The predicted molar refractivity (Wildman–Crippen MR) is 107 cm³/mol. The van der Waals surface area contributed by atoms with E-state index in [2.05, 4.69) is 26.0 Å². The average Bonchev–Trinajstić information content (AvgIpc) is 3.45. The fourth-order valence-electron chi connectivity index (χ4n) is 2.71. The van der Waals surface area contributed by atoms with E-state index in [1.54, 1.807) is 16.8 Å². The molecule has 1 aliphatic carbocycles. The number of hydrogen-bond donors (Lipinski definition) is 3. The molecule has 1 fully saturated rings. The predicted octanol–water partition coefficient (Wildman–Crippen LogP) is 1.64. The fraction of sp³-hybridized carbons (Fsp3) is 0.450. The Balaban J connectivity index is 1.44. The van der Waals surface area contributed by atoms with Crippen molar-refractivity contribution in [3.8, 4) is 5.69 Å². The summed E-state index contributed by atoms with van der Waals surface area (Å²) in [4.78, 5) is 16.2. The number of carbonyl (C=O) groups excluding carboxylic acids is 1. The zero-order valence-electron chi connectivity index (χ0n) is 16.1. The van der Waals surface area contributed by atoms with Gasteiger partial charge in [-0.3, -0.25) is 9.79 Å². The smallest absolute Gasteiger partial charge is 0.223 e. The molecule has 8 heteroatoms. The first-order valence-corrected chi connectivity index (χ1v) is 9.76. The average molecular weight is 386 g/mol. The lowest BCUT2D eigenvalue weighted by atomic mass is 10.3. The minimum Gasteiger partial charge on any atom is -0.357 e. The largest absolute Gasteiger partial charge is 0.357 e. The number of nitrogens with one attached hydrogen (secondary N) is 3. The highest BCUT2D eigenvalue weighted by atomic mass is 19.1. The van der Waals surface area contributed by atoms with Gasteiger partial charge in [-0.25, -0.2) is 9.07 Å². The van der Waals surface area contributed by atoms with Crippen molar-refractivity contribution in [3.63, 3.8) is 0 Å². The van der Waals surface area contributed by atoms with Crippen LogP contribution in [0, 0.1) is 11.7 Å². The molecule has 1 aromatic heterocycles. The summed E-state index contributed by atoms with van der Waals surface area (Å²) < 4.78 is 14.8. The SMILES string of the molecule is CCNC(=NCCc1ccn(-c2ccc(F)cc2)n1)NCCNC(=O)C1CC1. The molecule has 0 saturated heterocycles. The Kier molecular flexibility index (Phi) is 7.00. The molecule has 1 amide bonds. The number of amides is 1. The van der Waals surface area contributed by atoms with Crippen molar-refractivity contribution in [2.75, 3.05) is 26.2 Å². The van der Waals surface area contributed by atoms with Gasteiger partial charge in [-0.05, 0) is 50.1 Å². The zero-order valence-corrected chi connectivity index (χ0v) is 16.1. The number of benzene rings is 1. The monoisotopic (exact) mass is 386 g/mol. The third-order valence-corrected chi connectivity index (χ3v) is 4.38. The molecule has 3 rings (SSSR count). The quantitative estimate of drug-likeness (QED) is 0.348. The van der Waals surface area contributed by atoms with E-state index in [1.165, 1.54) is 12.1 Å². The van der Waals surface area contributed by atoms with Crippen molar-refractivity contribution < 1.29 is 9.18 Å². The molecule has 28 heavy (non-hydrogen) atoms. The van der Waals surface area contributed by atoms with E-state index >= 15 is 0 Å². The van der Waals surface area contributed by atoms with E-state index in [1.807, 2.05) is 19.2 Å². The van der Waals surface area contributed by atoms with Gasteiger partial charge in [0.1, 0.15) is 5.82 Å². The molecule has 0 radical (unpaired) electrons. The second-order valence-corrected chi connectivity index (χ2v) is 6.73. The molecule has 0 spiro atoms. The van der Waals surface area contributed by atoms with Crippen LogP contribution in [-0.4, -0.2) is 47.8 Å². The van der Waals surface area contributed by atoms with Gasteiger partial charge < -0.3 is 16.0 Å². The summed E-state index contributed by atoms with van der Waals surface area (Å²) in [5.41, 5.74) is 1.74. The van der Waals surface area contributed by atoms with Crippen molar-refractivity contribution in [1.82, 2.24) is 25.7 Å². The van der Waals surface area contributed by atoms with Crippen LogP contribution in [0.4, 0.5) is 4.39 Å². The first-order valence-electron chi connectivity index (χ1n) is 9.76. The van der Waals surface area contributed by atoms with Crippen LogP contribution in [-0.2, 0) is 11.2 Å². The summed E-state index contributed by atoms with van der Waals surface area (Å²) in [6, 6.07) is 8.16. The van der Waals surface area contributed by atoms with Gasteiger partial charge in [0.2, 0.25) is 5.91 Å². The van der Waals surface area contributed by atoms with Gasteiger partial charge >= 0.3 is 0 Å². The van der Waals surface area contributed by atoms with Gasteiger partial charge in [0.05, 0.1) is 11.4 Å². The van der Waals surface area contributed by atoms with Crippen LogP contribution < -0.4 is 16.0 Å². The summed E-state index contributed by atoms with van der Waals surface area (Å²) >= 11 is 0. The van der Waals surface area contributed by atoms with Crippen LogP contribution in [0.3, 0.4) is 0 Å². The molecule has 7 nitrogen and oxygen atoms in total. The van der Waals surface area contributed by atoms with Crippen LogP contribution in [0.2, 0.25) is 0 Å². The Hall–Kier alpha value is -2.90. The Morgan fingerprint density at radius 2 is 1.93 bits per heavy atom. The van der Waals surface area contributed by atoms with E-state index in [0.29, 0.717) is 26.1 Å². The maximum Gasteiger partial charge on any atom is 0.223 e. The van der Waals surface area contributed by atoms with Crippen molar-refractivity contribution >= 4 is 11.9 Å². The third kappa shape index (κ3) is 6.07. The van der Waals surface area contributed by atoms with Gasteiger partial charge in [-0.15, -0.1) is 0 Å². The second kappa shape index (κ2) is 9.87. The lowest BCUT2D eigenvalue weighted by molar-refractivity contribution is -0.122. The van der Waals surface area contributed by atoms with Gasteiger partial charge in [-0.2, -0.15) is 5.10 Å². The van der Waals surface area contributed by atoms with E-state index in [9.17, 15) is 9.18 Å². The molecule has 1 aromatic carbocycles. The number of rotatable bonds is 9. The molecule has 0 aliphatic heterocycles. The molecule has 0 bridgehead atoms. The number of halogens is 1. The Morgan fingerprint density at radius 1 is 1.18 bits per heavy atom. The van der Waals surface area contributed by atoms with Crippen LogP contribution >= 0.6 is 0 Å². The maximum atomic E-state index is 13.0. The minimum absolute atomic E-state index is 0.153. The van der Waals surface area contributed by atoms with E-state index in [-0.39, 0.29) is 17.6 Å². The molecule has 1 heterocycles. The van der Waals surface area contributed by atoms with E-state index in [0.717, 1.165) is 36.7 Å². The Labute approximate surface area is 164 Å². The fourth-order valence-corrected chi connectivity index (χ4v) is 2.71. The lowest BCUT2D eigenvalue weighted by Crippen LogP contribution is -2.41. The molecule has 150 valence electrons. The number of aromatic nitrogens is 2. The summed E-state index contributed by atoms with van der Waals surface area (Å²) in [7, 11) is 0. The highest BCUT2D eigenvalue weighted by Crippen LogP contribution is 2.28. The summed E-state index contributed by atoms with van der Waals surface area (Å²) in [5.74, 6) is 0.847. The van der Waals surface area contributed by atoms with E-state index in [4.69, 9.17) is 0 Å². The first-order chi connectivity index (χ1) is 13.7. The summed E-state index contributed by atoms with van der Waals surface area (Å²) in [5, 5.41) is 13.8. The van der Waals surface area contributed by atoms with Crippen LogP contribution in [0.5, 0.6) is 0 Å². The zero-order chi connectivity index (χ0) is 19.8. The summed E-state index contributed by atoms with van der Waals surface area (Å²) in [6.07, 6.45) is 4.59. The number of nitrogens with zero attached hydrogens (tertiary/aromatic N) is 3. The molecule has 1 saturated carbocycles. The number of hydrogen-bond acceptors (Lipinski definition) is 3. The topological polar surface area (TPSA) is 83.3 Å². The molecular weight excluding hydrogens is 359 g/mol. The van der Waals surface area contributed by atoms with Crippen LogP contribution in [0.15, 0.2) is 41.5 Å². The van der Waals surface area contributed by atoms with Crippen molar-refractivity contribution in [3.05, 3.63) is 48.0 Å². The van der Waals surface area contributed by atoms with Gasteiger partial charge in [0.25, 0.3) is 0 Å². The third-order valence-electron chi connectivity index (χ3n) is 4.38. The standard InChI is InChI=1S/C20H27FN6O/c1-2-22-20(25-13-12-23-19(28)15-3-4-15)24-11-9-17-10-14-27(26-17)18-7-5-16(21)6-8-18/h5-8,10,14-15H,2-4,9,11-13H2,1H3,(H,23,28)(H2,22,24,25). The Morgan fingerprint density at radius 3 is 2.64 bits per heavy atom. The van der Waals surface area contributed by atoms with Crippen LogP contribution in [0.1, 0.15) is 25.5 Å². The molecule has 0 atom stereocenters. The molecule has 2 aromatic rings. The van der Waals surface area contributed by atoms with E-state index < -0.39 is 0 Å².